The molecule has 0 atom stereocenters. The molecule has 0 spiro atoms. The standard InChI is InChI=1S/C20H22O2/c1-13(2)17-11-10-16(12-14(17)3)20(21)22-19-9-5-7-15-6-4-8-18(15)19/h5,7,9-13H,4,6,8H2,1-3H3. The summed E-state index contributed by atoms with van der Waals surface area (Å²) in [6.07, 6.45) is 3.24. The molecule has 0 heterocycles. The van der Waals surface area contributed by atoms with Crippen molar-refractivity contribution in [3.63, 3.8) is 0 Å². The second-order valence-electron chi connectivity index (χ2n) is 6.36. The average Bonchev–Trinajstić information content (AvgIpc) is 2.96. The van der Waals surface area contributed by atoms with Crippen LogP contribution in [0.5, 0.6) is 5.75 Å². The summed E-state index contributed by atoms with van der Waals surface area (Å²) >= 11 is 0. The van der Waals surface area contributed by atoms with Gasteiger partial charge in [0.05, 0.1) is 5.56 Å². The van der Waals surface area contributed by atoms with Crippen molar-refractivity contribution in [3.8, 4) is 5.75 Å². The van der Waals surface area contributed by atoms with Gasteiger partial charge in [0.25, 0.3) is 0 Å². The zero-order chi connectivity index (χ0) is 15.7. The van der Waals surface area contributed by atoms with Gasteiger partial charge in [0.15, 0.2) is 0 Å². The van der Waals surface area contributed by atoms with Crippen LogP contribution in [0.1, 0.15) is 58.8 Å². The van der Waals surface area contributed by atoms with Gasteiger partial charge < -0.3 is 4.74 Å². The second kappa shape index (κ2) is 5.96. The SMILES string of the molecule is Cc1cc(C(=O)Oc2cccc3c2CCC3)ccc1C(C)C. The van der Waals surface area contributed by atoms with Gasteiger partial charge in [-0.1, -0.05) is 32.0 Å². The van der Waals surface area contributed by atoms with E-state index in [0.29, 0.717) is 11.5 Å². The van der Waals surface area contributed by atoms with Crippen molar-refractivity contribution < 1.29 is 9.53 Å². The molecule has 2 aromatic carbocycles. The van der Waals surface area contributed by atoms with Crippen molar-refractivity contribution in [2.45, 2.75) is 46.0 Å². The zero-order valence-electron chi connectivity index (χ0n) is 13.5. The lowest BCUT2D eigenvalue weighted by Gasteiger charge is -2.12. The molecule has 2 nitrogen and oxygen atoms in total. The molecule has 2 heteroatoms. The van der Waals surface area contributed by atoms with Gasteiger partial charge in [-0.2, -0.15) is 0 Å². The smallest absolute Gasteiger partial charge is 0.343 e. The Kier molecular flexibility index (Phi) is 4.02. The first kappa shape index (κ1) is 14.8. The van der Waals surface area contributed by atoms with Gasteiger partial charge in [-0.3, -0.25) is 0 Å². The Morgan fingerprint density at radius 2 is 1.95 bits per heavy atom. The molecule has 0 aliphatic heterocycles. The number of benzene rings is 2. The van der Waals surface area contributed by atoms with E-state index < -0.39 is 0 Å². The Morgan fingerprint density at radius 1 is 1.14 bits per heavy atom. The number of ether oxygens (including phenoxy) is 1. The molecule has 1 aliphatic rings. The summed E-state index contributed by atoms with van der Waals surface area (Å²) in [6.45, 7) is 6.37. The van der Waals surface area contributed by atoms with Crippen LogP contribution in [0.3, 0.4) is 0 Å². The predicted octanol–water partition coefficient (Wildman–Crippen LogP) is 4.83. The zero-order valence-corrected chi connectivity index (χ0v) is 13.5. The van der Waals surface area contributed by atoms with E-state index in [1.54, 1.807) is 0 Å². The maximum absolute atomic E-state index is 12.4. The molecule has 2 aromatic rings. The molecular weight excluding hydrogens is 272 g/mol. The molecular formula is C20H22O2. The highest BCUT2D eigenvalue weighted by Gasteiger charge is 2.18. The first-order valence-corrected chi connectivity index (χ1v) is 7.99. The van der Waals surface area contributed by atoms with Crippen LogP contribution in [0.4, 0.5) is 0 Å². The van der Waals surface area contributed by atoms with Crippen molar-refractivity contribution in [3.05, 3.63) is 64.2 Å². The van der Waals surface area contributed by atoms with Crippen molar-refractivity contribution >= 4 is 5.97 Å². The molecule has 0 bridgehead atoms. The van der Waals surface area contributed by atoms with E-state index in [1.807, 2.05) is 37.3 Å². The number of carbonyl (C=O) groups excluding carboxylic acids is 1. The fourth-order valence-corrected chi connectivity index (χ4v) is 3.29. The highest BCUT2D eigenvalue weighted by Crippen LogP contribution is 2.31. The molecule has 22 heavy (non-hydrogen) atoms. The van der Waals surface area contributed by atoms with Gasteiger partial charge in [-0.05, 0) is 72.6 Å². The maximum Gasteiger partial charge on any atom is 0.343 e. The Bertz CT molecular complexity index is 714. The van der Waals surface area contributed by atoms with E-state index in [4.69, 9.17) is 4.74 Å². The largest absolute Gasteiger partial charge is 0.423 e. The maximum atomic E-state index is 12.4. The van der Waals surface area contributed by atoms with E-state index >= 15 is 0 Å². The third-order valence-corrected chi connectivity index (χ3v) is 4.43. The van der Waals surface area contributed by atoms with Crippen molar-refractivity contribution in [1.82, 2.24) is 0 Å². The van der Waals surface area contributed by atoms with E-state index in [9.17, 15) is 4.79 Å². The van der Waals surface area contributed by atoms with Gasteiger partial charge in [-0.15, -0.1) is 0 Å². The van der Waals surface area contributed by atoms with Crippen molar-refractivity contribution in [2.24, 2.45) is 0 Å². The fraction of sp³-hybridized carbons (Fsp3) is 0.350. The molecule has 0 saturated heterocycles. The highest BCUT2D eigenvalue weighted by atomic mass is 16.5. The van der Waals surface area contributed by atoms with Gasteiger partial charge in [-0.25, -0.2) is 4.79 Å². The third-order valence-electron chi connectivity index (χ3n) is 4.43. The number of hydrogen-bond acceptors (Lipinski definition) is 2. The van der Waals surface area contributed by atoms with Crippen LogP contribution in [0, 0.1) is 6.92 Å². The normalized spacial score (nSPS) is 13.3. The molecule has 1 aliphatic carbocycles. The molecule has 0 radical (unpaired) electrons. The molecule has 0 fully saturated rings. The number of carbonyl (C=O) groups is 1. The minimum atomic E-state index is -0.265. The van der Waals surface area contributed by atoms with Gasteiger partial charge >= 0.3 is 5.97 Å². The van der Waals surface area contributed by atoms with E-state index in [1.165, 1.54) is 16.7 Å². The summed E-state index contributed by atoms with van der Waals surface area (Å²) < 4.78 is 5.66. The lowest BCUT2D eigenvalue weighted by Crippen LogP contribution is -2.10. The summed E-state index contributed by atoms with van der Waals surface area (Å²) in [6, 6.07) is 11.8. The Balaban J connectivity index is 1.84. The van der Waals surface area contributed by atoms with E-state index in [-0.39, 0.29) is 5.97 Å². The summed E-state index contributed by atoms with van der Waals surface area (Å²) in [5.74, 6) is 0.923. The van der Waals surface area contributed by atoms with E-state index in [0.717, 1.165) is 30.6 Å². The second-order valence-corrected chi connectivity index (χ2v) is 6.36. The number of aryl methyl sites for hydroxylation is 2. The average molecular weight is 294 g/mol. The molecule has 114 valence electrons. The lowest BCUT2D eigenvalue weighted by molar-refractivity contribution is 0.0733. The van der Waals surface area contributed by atoms with Crippen LogP contribution >= 0.6 is 0 Å². The number of fused-ring (bicyclic) bond motifs is 1. The molecule has 0 aromatic heterocycles. The molecule has 0 amide bonds. The van der Waals surface area contributed by atoms with Crippen LogP contribution in [0.15, 0.2) is 36.4 Å². The molecule has 0 N–H and O–H groups in total. The van der Waals surface area contributed by atoms with Crippen LogP contribution in [-0.4, -0.2) is 5.97 Å². The minimum absolute atomic E-state index is 0.265. The first-order chi connectivity index (χ1) is 10.6. The highest BCUT2D eigenvalue weighted by molar-refractivity contribution is 5.91. The third kappa shape index (κ3) is 2.78. The number of hydrogen-bond donors (Lipinski definition) is 0. The monoisotopic (exact) mass is 294 g/mol. The Morgan fingerprint density at radius 3 is 2.68 bits per heavy atom. The summed E-state index contributed by atoms with van der Waals surface area (Å²) in [5, 5.41) is 0. The quantitative estimate of drug-likeness (QED) is 0.599. The van der Waals surface area contributed by atoms with Crippen molar-refractivity contribution in [1.29, 1.82) is 0 Å². The predicted molar refractivity (Wildman–Crippen MR) is 88.7 cm³/mol. The minimum Gasteiger partial charge on any atom is -0.423 e. The van der Waals surface area contributed by atoms with E-state index in [2.05, 4.69) is 19.9 Å². The molecule has 3 rings (SSSR count). The molecule has 0 unspecified atom stereocenters. The molecule has 0 saturated carbocycles. The van der Waals surface area contributed by atoms with Crippen LogP contribution in [0.25, 0.3) is 0 Å². The Labute approximate surface area is 132 Å². The summed E-state index contributed by atoms with van der Waals surface area (Å²) in [7, 11) is 0. The first-order valence-electron chi connectivity index (χ1n) is 7.99. The Hall–Kier alpha value is -2.09. The van der Waals surface area contributed by atoms with Crippen LogP contribution < -0.4 is 4.74 Å². The number of rotatable bonds is 3. The van der Waals surface area contributed by atoms with Crippen LogP contribution in [-0.2, 0) is 12.8 Å². The van der Waals surface area contributed by atoms with Crippen LogP contribution in [0.2, 0.25) is 0 Å². The van der Waals surface area contributed by atoms with Gasteiger partial charge in [0.1, 0.15) is 5.75 Å². The fourth-order valence-electron chi connectivity index (χ4n) is 3.29. The van der Waals surface area contributed by atoms with Gasteiger partial charge in [0.2, 0.25) is 0 Å². The van der Waals surface area contributed by atoms with Gasteiger partial charge in [0, 0.05) is 0 Å². The topological polar surface area (TPSA) is 26.3 Å². The number of esters is 1. The van der Waals surface area contributed by atoms with Crippen molar-refractivity contribution in [2.75, 3.05) is 0 Å². The lowest BCUT2D eigenvalue weighted by atomic mass is 9.96. The summed E-state index contributed by atoms with van der Waals surface area (Å²) in [5.41, 5.74) is 5.56. The summed E-state index contributed by atoms with van der Waals surface area (Å²) in [4.78, 5) is 12.4.